The summed E-state index contributed by atoms with van der Waals surface area (Å²) in [6.07, 6.45) is 5.15. The molecule has 2 saturated heterocycles. The van der Waals surface area contributed by atoms with Gasteiger partial charge in [-0.05, 0) is 66.4 Å². The molecule has 6 rings (SSSR count). The van der Waals surface area contributed by atoms with Crippen molar-refractivity contribution in [1.29, 1.82) is 0 Å². The van der Waals surface area contributed by atoms with Crippen LogP contribution in [0.3, 0.4) is 0 Å². The number of benzene rings is 3. The highest BCUT2D eigenvalue weighted by molar-refractivity contribution is 6.42. The molecule has 0 saturated carbocycles. The molecule has 0 bridgehead atoms. The van der Waals surface area contributed by atoms with E-state index in [1.54, 1.807) is 36.4 Å². The normalized spacial score (nSPS) is 18.3. The summed E-state index contributed by atoms with van der Waals surface area (Å²) >= 11 is 0. The number of hydrogen-bond acceptors (Lipinski definition) is 6. The second kappa shape index (κ2) is 14.3. The second-order valence-electron chi connectivity index (χ2n) is 13.3. The highest BCUT2D eigenvalue weighted by Crippen LogP contribution is 2.33. The van der Waals surface area contributed by atoms with E-state index in [1.807, 2.05) is 24.3 Å². The Morgan fingerprint density at radius 2 is 1.76 bits per heavy atom. The molecule has 0 aliphatic carbocycles. The summed E-state index contributed by atoms with van der Waals surface area (Å²) in [7, 11) is 2.29. The van der Waals surface area contributed by atoms with Crippen LogP contribution in [0.1, 0.15) is 42.5 Å². The first kappa shape index (κ1) is 33.9. The highest BCUT2D eigenvalue weighted by Gasteiger charge is 2.51. The molecule has 0 radical (unpaired) electrons. The molecule has 256 valence electrons. The Bertz CT molecular complexity index is 1890. The Labute approximate surface area is 283 Å². The van der Waals surface area contributed by atoms with Crippen LogP contribution in [-0.4, -0.2) is 96.2 Å². The lowest BCUT2D eigenvalue weighted by Gasteiger charge is -2.37. The lowest BCUT2D eigenvalue weighted by molar-refractivity contribution is -0.914. The highest BCUT2D eigenvalue weighted by atomic mass is 19.3. The van der Waals surface area contributed by atoms with Crippen LogP contribution in [0, 0.1) is 0 Å². The Morgan fingerprint density at radius 3 is 2.55 bits per heavy atom. The molecule has 2 N–H and O–H groups in total. The molecule has 10 nitrogen and oxygen atoms in total. The van der Waals surface area contributed by atoms with Gasteiger partial charge in [-0.2, -0.15) is 0 Å². The van der Waals surface area contributed by atoms with Crippen molar-refractivity contribution in [2.24, 2.45) is 0 Å². The maximum absolute atomic E-state index is 14.5. The largest absolute Gasteiger partial charge is 0.493 e. The van der Waals surface area contributed by atoms with Gasteiger partial charge in [-0.3, -0.25) is 24.2 Å². The summed E-state index contributed by atoms with van der Waals surface area (Å²) < 4.78 is 36.2. The van der Waals surface area contributed by atoms with Gasteiger partial charge in [0.25, 0.3) is 17.7 Å². The van der Waals surface area contributed by atoms with Gasteiger partial charge in [-0.1, -0.05) is 30.3 Å². The van der Waals surface area contributed by atoms with E-state index in [9.17, 15) is 28.0 Å². The summed E-state index contributed by atoms with van der Waals surface area (Å²) in [5.74, 6) is -6.60. The van der Waals surface area contributed by atoms with E-state index in [0.29, 0.717) is 33.8 Å². The third-order valence-electron chi connectivity index (χ3n) is 9.49. The van der Waals surface area contributed by atoms with Crippen LogP contribution in [0.4, 0.5) is 14.5 Å². The van der Waals surface area contributed by atoms with Gasteiger partial charge in [0.15, 0.2) is 0 Å². The van der Waals surface area contributed by atoms with Crippen LogP contribution in [0.2, 0.25) is 0 Å². The number of likely N-dealkylation sites (tertiary alicyclic amines) is 2. The molecule has 2 fully saturated rings. The molecule has 1 aromatic heterocycles. The van der Waals surface area contributed by atoms with Crippen molar-refractivity contribution in [3.05, 3.63) is 78.5 Å². The predicted octanol–water partition coefficient (Wildman–Crippen LogP) is 4.96. The molecule has 49 heavy (non-hydrogen) atoms. The van der Waals surface area contributed by atoms with E-state index in [4.69, 9.17) is 4.74 Å². The lowest BCUT2D eigenvalue weighted by atomic mass is 10.1. The van der Waals surface area contributed by atoms with Crippen LogP contribution in [0.5, 0.6) is 5.75 Å². The first-order valence-corrected chi connectivity index (χ1v) is 16.6. The summed E-state index contributed by atoms with van der Waals surface area (Å²) in [5, 5.41) is 7.20. The number of ether oxygens (including phenoxy) is 1. The van der Waals surface area contributed by atoms with Gasteiger partial charge in [0.1, 0.15) is 11.8 Å². The SMILES string of the molecule is C[N+]1(CCCOc2ccc3nccc(C(=O)NCC(=O)N4CC(F)(F)C[C@H]4C(=O)C(=O)Nc4ccc5ccccc5c4)c3c2)CCCCC1. The number of Topliss-reactive ketones (excluding diaryl/α,β-unsaturated/α-hetero) is 1. The summed E-state index contributed by atoms with van der Waals surface area (Å²) in [6, 6.07) is 17.5. The van der Waals surface area contributed by atoms with E-state index in [2.05, 4.69) is 22.7 Å². The van der Waals surface area contributed by atoms with E-state index < -0.39 is 55.0 Å². The number of alkyl halides is 2. The van der Waals surface area contributed by atoms with Crippen molar-refractivity contribution in [3.8, 4) is 5.75 Å². The van der Waals surface area contributed by atoms with Crippen molar-refractivity contribution >= 4 is 50.9 Å². The molecule has 3 amide bonds. The molecule has 3 aromatic carbocycles. The molecule has 4 aromatic rings. The molecule has 0 spiro atoms. The molecule has 2 aliphatic heterocycles. The van der Waals surface area contributed by atoms with Gasteiger partial charge in [-0.15, -0.1) is 0 Å². The molecular weight excluding hydrogens is 632 g/mol. The Morgan fingerprint density at radius 1 is 0.980 bits per heavy atom. The maximum atomic E-state index is 14.5. The molecule has 2 aliphatic rings. The fraction of sp³-hybridized carbons (Fsp3) is 0.378. The minimum atomic E-state index is -3.38. The number of carbonyl (C=O) groups excluding carboxylic acids is 4. The van der Waals surface area contributed by atoms with E-state index in [1.165, 1.54) is 44.6 Å². The third-order valence-corrected chi connectivity index (χ3v) is 9.49. The van der Waals surface area contributed by atoms with Crippen LogP contribution in [0.25, 0.3) is 21.7 Å². The van der Waals surface area contributed by atoms with Crippen molar-refractivity contribution < 1.29 is 37.2 Å². The number of ketones is 1. The number of hydrogen-bond donors (Lipinski definition) is 2. The number of amides is 3. The zero-order valence-corrected chi connectivity index (χ0v) is 27.4. The lowest BCUT2D eigenvalue weighted by Crippen LogP contribution is -2.48. The second-order valence-corrected chi connectivity index (χ2v) is 13.3. The van der Waals surface area contributed by atoms with E-state index in [0.717, 1.165) is 28.2 Å². The summed E-state index contributed by atoms with van der Waals surface area (Å²) in [4.78, 5) is 57.4. The van der Waals surface area contributed by atoms with Crippen molar-refractivity contribution in [1.82, 2.24) is 15.2 Å². The number of pyridine rings is 1. The minimum Gasteiger partial charge on any atom is -0.493 e. The first-order valence-electron chi connectivity index (χ1n) is 16.6. The fourth-order valence-electron chi connectivity index (χ4n) is 6.83. The predicted molar refractivity (Wildman–Crippen MR) is 181 cm³/mol. The number of fused-ring (bicyclic) bond motifs is 2. The minimum absolute atomic E-state index is 0.226. The standard InChI is InChI=1S/C37H39F2N5O5/c1-44(16-5-2-6-17-44)18-7-19-49-28-12-13-31-30(21-28)29(14-15-40-31)35(47)41-23-33(45)43-24-37(38,39)22-32(43)34(46)36(48)42-27-11-10-25-8-3-4-9-26(25)20-27/h3-4,8-15,20-21,32H,2,5-7,16-19,22-24H2,1H3,(H-,41,42,47,48)/p+1/t32-/m0/s1. The number of halogens is 2. The smallest absolute Gasteiger partial charge is 0.293 e. The zero-order valence-electron chi connectivity index (χ0n) is 27.4. The summed E-state index contributed by atoms with van der Waals surface area (Å²) in [5.41, 5.74) is 1.09. The maximum Gasteiger partial charge on any atom is 0.293 e. The van der Waals surface area contributed by atoms with Crippen LogP contribution < -0.4 is 15.4 Å². The van der Waals surface area contributed by atoms with Crippen molar-refractivity contribution in [2.45, 2.75) is 44.1 Å². The number of aromatic nitrogens is 1. The van der Waals surface area contributed by atoms with Gasteiger partial charge in [0, 0.05) is 30.1 Å². The van der Waals surface area contributed by atoms with Gasteiger partial charge >= 0.3 is 0 Å². The number of quaternary nitrogens is 1. The van der Waals surface area contributed by atoms with Crippen molar-refractivity contribution in [2.75, 3.05) is 51.7 Å². The van der Waals surface area contributed by atoms with Crippen LogP contribution >= 0.6 is 0 Å². The number of piperidine rings is 1. The molecule has 1 atom stereocenters. The first-order chi connectivity index (χ1) is 23.5. The Balaban J connectivity index is 1.07. The van der Waals surface area contributed by atoms with Crippen LogP contribution in [-0.2, 0) is 14.4 Å². The Hall–Kier alpha value is -4.97. The quantitative estimate of drug-likeness (QED) is 0.132. The third kappa shape index (κ3) is 8.02. The average Bonchev–Trinajstić information content (AvgIpc) is 3.43. The van der Waals surface area contributed by atoms with Gasteiger partial charge in [0.05, 0.1) is 57.5 Å². The van der Waals surface area contributed by atoms with Crippen molar-refractivity contribution in [3.63, 3.8) is 0 Å². The van der Waals surface area contributed by atoms with Crippen LogP contribution in [0.15, 0.2) is 72.9 Å². The Kier molecular flexibility index (Phi) is 9.86. The number of carbonyl (C=O) groups is 4. The summed E-state index contributed by atoms with van der Waals surface area (Å²) in [6.45, 7) is 2.22. The zero-order chi connectivity index (χ0) is 34.6. The fourth-order valence-corrected chi connectivity index (χ4v) is 6.83. The number of rotatable bonds is 11. The molecular formula is C37H40F2N5O5+. The van der Waals surface area contributed by atoms with E-state index in [-0.39, 0.29) is 5.56 Å². The van der Waals surface area contributed by atoms with E-state index >= 15 is 0 Å². The number of nitrogens with zero attached hydrogens (tertiary/aromatic N) is 3. The topological polar surface area (TPSA) is 118 Å². The number of nitrogens with one attached hydrogen (secondary N) is 2. The van der Waals surface area contributed by atoms with Gasteiger partial charge in [0.2, 0.25) is 11.7 Å². The molecule has 12 heteroatoms. The van der Waals surface area contributed by atoms with Gasteiger partial charge < -0.3 is 24.8 Å². The monoisotopic (exact) mass is 672 g/mol. The number of anilines is 1. The molecule has 3 heterocycles. The average molecular weight is 673 g/mol. The molecule has 0 unspecified atom stereocenters. The van der Waals surface area contributed by atoms with Gasteiger partial charge in [-0.25, -0.2) is 8.78 Å².